The van der Waals surface area contributed by atoms with Crippen LogP contribution >= 0.6 is 0 Å². The number of pyridine rings is 1. The minimum atomic E-state index is -0.485. The molecular formula is C36H47N5O7. The van der Waals surface area contributed by atoms with Crippen molar-refractivity contribution in [2.24, 2.45) is 5.92 Å². The molecule has 4 atom stereocenters. The van der Waals surface area contributed by atoms with E-state index in [-0.39, 0.29) is 37.4 Å². The minimum Gasteiger partial charge on any atom is -0.490 e. The number of nitrogens with one attached hydrogen (secondary N) is 2. The average Bonchev–Trinajstić information content (AvgIpc) is 3.54. The first kappa shape index (κ1) is 34.9. The van der Waals surface area contributed by atoms with Crippen LogP contribution in [-0.4, -0.2) is 90.2 Å². The monoisotopic (exact) mass is 661 g/mol. The van der Waals surface area contributed by atoms with Crippen molar-refractivity contribution in [1.82, 2.24) is 14.8 Å². The number of aliphatic hydroxyl groups is 1. The van der Waals surface area contributed by atoms with E-state index in [4.69, 9.17) is 18.9 Å². The van der Waals surface area contributed by atoms with Gasteiger partial charge in [0.25, 0.3) is 5.91 Å². The summed E-state index contributed by atoms with van der Waals surface area (Å²) in [6.07, 6.45) is 5.85. The Morgan fingerprint density at radius 3 is 2.48 bits per heavy atom. The highest BCUT2D eigenvalue weighted by molar-refractivity contribution is 6.02. The van der Waals surface area contributed by atoms with E-state index < -0.39 is 12.1 Å². The molecular weight excluding hydrogens is 614 g/mol. The number of carbonyl (C=O) groups excluding carboxylic acids is 2. The maximum atomic E-state index is 14.4. The number of carbonyl (C=O) groups is 2. The van der Waals surface area contributed by atoms with Gasteiger partial charge in [0.15, 0.2) is 11.5 Å². The Labute approximate surface area is 282 Å². The van der Waals surface area contributed by atoms with Crippen LogP contribution in [0.1, 0.15) is 56.0 Å². The molecule has 2 aromatic carbocycles. The van der Waals surface area contributed by atoms with Crippen molar-refractivity contribution in [3.05, 3.63) is 72.1 Å². The van der Waals surface area contributed by atoms with Gasteiger partial charge >= 0.3 is 6.03 Å². The molecule has 12 nitrogen and oxygen atoms in total. The molecule has 12 heteroatoms. The second kappa shape index (κ2) is 16.6. The summed E-state index contributed by atoms with van der Waals surface area (Å²) >= 11 is 0. The van der Waals surface area contributed by atoms with Gasteiger partial charge in [-0.15, -0.1) is 0 Å². The number of hydrogen-bond acceptors (Lipinski definition) is 9. The zero-order valence-corrected chi connectivity index (χ0v) is 28.2. The highest BCUT2D eigenvalue weighted by Crippen LogP contribution is 2.34. The third-order valence-corrected chi connectivity index (χ3v) is 8.63. The third-order valence-electron chi connectivity index (χ3n) is 8.63. The molecule has 2 aliphatic heterocycles. The molecule has 0 saturated carbocycles. The molecule has 0 bridgehead atoms. The van der Waals surface area contributed by atoms with Gasteiger partial charge in [-0.2, -0.15) is 0 Å². The number of benzene rings is 2. The summed E-state index contributed by atoms with van der Waals surface area (Å²) < 4.78 is 23.6. The Bertz CT molecular complexity index is 1520. The molecule has 0 saturated heterocycles. The molecule has 0 unspecified atom stereocenters. The number of fused-ring (bicyclic) bond motifs is 2. The number of nitrogens with zero attached hydrogens (tertiary/aromatic N) is 3. The lowest BCUT2D eigenvalue weighted by Gasteiger charge is -2.36. The third kappa shape index (κ3) is 9.36. The zero-order valence-electron chi connectivity index (χ0n) is 28.2. The van der Waals surface area contributed by atoms with Crippen molar-refractivity contribution in [1.29, 1.82) is 0 Å². The number of amides is 3. The van der Waals surface area contributed by atoms with Crippen LogP contribution in [0, 0.1) is 5.92 Å². The van der Waals surface area contributed by atoms with Crippen molar-refractivity contribution in [2.45, 2.75) is 64.8 Å². The summed E-state index contributed by atoms with van der Waals surface area (Å²) in [5.74, 6) is 1.25. The summed E-state index contributed by atoms with van der Waals surface area (Å²) in [7, 11) is 2.06. The summed E-state index contributed by atoms with van der Waals surface area (Å²) in [6, 6.07) is 13.3. The molecule has 3 aromatic rings. The van der Waals surface area contributed by atoms with Gasteiger partial charge in [-0.3, -0.25) is 14.7 Å². The number of aromatic nitrogens is 1. The van der Waals surface area contributed by atoms with E-state index in [1.165, 1.54) is 0 Å². The largest absolute Gasteiger partial charge is 0.490 e. The molecule has 3 amide bonds. The molecule has 0 spiro atoms. The quantitative estimate of drug-likeness (QED) is 0.291. The van der Waals surface area contributed by atoms with Crippen LogP contribution in [0.25, 0.3) is 0 Å². The second-order valence-corrected chi connectivity index (χ2v) is 12.7. The predicted molar refractivity (Wildman–Crippen MR) is 183 cm³/mol. The Hall–Kier alpha value is -4.39. The molecule has 0 aliphatic carbocycles. The van der Waals surface area contributed by atoms with E-state index in [9.17, 15) is 14.7 Å². The van der Waals surface area contributed by atoms with Crippen molar-refractivity contribution >= 4 is 23.3 Å². The molecule has 258 valence electrons. The Balaban J connectivity index is 1.36. The first-order valence-electron chi connectivity index (χ1n) is 16.6. The van der Waals surface area contributed by atoms with E-state index in [1.807, 2.05) is 26.0 Å². The van der Waals surface area contributed by atoms with Crippen molar-refractivity contribution in [2.75, 3.05) is 50.8 Å². The van der Waals surface area contributed by atoms with E-state index in [1.54, 1.807) is 53.7 Å². The Morgan fingerprint density at radius 2 is 1.73 bits per heavy atom. The fourth-order valence-electron chi connectivity index (χ4n) is 5.90. The van der Waals surface area contributed by atoms with E-state index in [0.717, 1.165) is 31.4 Å². The summed E-state index contributed by atoms with van der Waals surface area (Å²) in [4.78, 5) is 35.4. The first-order chi connectivity index (χ1) is 23.2. The van der Waals surface area contributed by atoms with Crippen LogP contribution in [-0.2, 0) is 11.3 Å². The van der Waals surface area contributed by atoms with Gasteiger partial charge in [0.1, 0.15) is 5.75 Å². The first-order valence-corrected chi connectivity index (χ1v) is 16.6. The number of anilines is 2. The van der Waals surface area contributed by atoms with Crippen molar-refractivity contribution in [3.8, 4) is 17.2 Å². The second-order valence-electron chi connectivity index (χ2n) is 12.7. The highest BCUT2D eigenvalue weighted by Gasteiger charge is 2.30. The maximum Gasteiger partial charge on any atom is 0.323 e. The Kier molecular flexibility index (Phi) is 12.1. The van der Waals surface area contributed by atoms with Gasteiger partial charge in [-0.25, -0.2) is 4.79 Å². The number of rotatable bonds is 8. The lowest BCUT2D eigenvalue weighted by atomic mass is 10.0. The fraction of sp³-hybridized carbons (Fsp3) is 0.472. The molecule has 5 rings (SSSR count). The molecule has 3 heterocycles. The number of urea groups is 1. The summed E-state index contributed by atoms with van der Waals surface area (Å²) in [5.41, 5.74) is 2.41. The lowest BCUT2D eigenvalue weighted by Crippen LogP contribution is -2.47. The van der Waals surface area contributed by atoms with E-state index in [2.05, 4.69) is 34.5 Å². The molecule has 3 N–H and O–H groups in total. The van der Waals surface area contributed by atoms with Crippen LogP contribution in [0.5, 0.6) is 17.2 Å². The van der Waals surface area contributed by atoms with Gasteiger partial charge in [0.2, 0.25) is 6.79 Å². The van der Waals surface area contributed by atoms with Crippen LogP contribution in [0.15, 0.2) is 60.9 Å². The van der Waals surface area contributed by atoms with Crippen molar-refractivity contribution in [3.63, 3.8) is 0 Å². The molecule has 0 radical (unpaired) electrons. The maximum absolute atomic E-state index is 14.4. The van der Waals surface area contributed by atoms with Gasteiger partial charge in [0, 0.05) is 62.0 Å². The van der Waals surface area contributed by atoms with Gasteiger partial charge < -0.3 is 39.6 Å². The van der Waals surface area contributed by atoms with Gasteiger partial charge in [0.05, 0.1) is 30.4 Å². The fourth-order valence-corrected chi connectivity index (χ4v) is 5.90. The molecule has 2 aliphatic rings. The topological polar surface area (TPSA) is 135 Å². The summed E-state index contributed by atoms with van der Waals surface area (Å²) in [6.45, 7) is 8.18. The normalized spacial score (nSPS) is 20.8. The standard InChI is InChI=1S/C36H47N5O7/c1-24-19-41(25(2)22-42)35(43)30-17-28(38-36(44)39-29-9-11-32-33(18-29)47-23-46-32)8-10-31(30)48-26(3)7-5-6-16-45-34(24)21-40(4)20-27-12-14-37-15-13-27/h8-15,17-18,24-26,34,42H,5-7,16,19-23H2,1-4H3,(H2,38,39,44)/t24-,25-,26-,34+/m1/s1. The highest BCUT2D eigenvalue weighted by atomic mass is 16.7. The van der Waals surface area contributed by atoms with Gasteiger partial charge in [-0.05, 0) is 88.2 Å². The molecule has 48 heavy (non-hydrogen) atoms. The zero-order chi connectivity index (χ0) is 34.0. The Morgan fingerprint density at radius 1 is 1.02 bits per heavy atom. The van der Waals surface area contributed by atoms with Crippen LogP contribution in [0.3, 0.4) is 0 Å². The number of likely N-dealkylation sites (N-methyl/N-ethyl adjacent to an activating group) is 1. The van der Waals surface area contributed by atoms with Crippen LogP contribution in [0.4, 0.5) is 16.2 Å². The average molecular weight is 662 g/mol. The molecule has 1 aromatic heterocycles. The lowest BCUT2D eigenvalue weighted by molar-refractivity contribution is -0.0177. The van der Waals surface area contributed by atoms with Crippen LogP contribution < -0.4 is 24.8 Å². The van der Waals surface area contributed by atoms with E-state index >= 15 is 0 Å². The number of ether oxygens (including phenoxy) is 4. The summed E-state index contributed by atoms with van der Waals surface area (Å²) in [5, 5.41) is 15.9. The molecule has 0 fully saturated rings. The number of aliphatic hydroxyl groups excluding tert-OH is 1. The van der Waals surface area contributed by atoms with E-state index in [0.29, 0.717) is 53.9 Å². The smallest absolute Gasteiger partial charge is 0.323 e. The minimum absolute atomic E-state index is 0.0529. The van der Waals surface area contributed by atoms with Crippen molar-refractivity contribution < 1.29 is 33.6 Å². The SMILES string of the molecule is C[C@@H]1CCCCO[C@@H](CN(C)Cc2ccncc2)[C@H](C)CN([C@H](C)CO)C(=O)c2cc(NC(=O)Nc3ccc4c(c3)OCO4)ccc2O1. The van der Waals surface area contributed by atoms with Crippen LogP contribution in [0.2, 0.25) is 0 Å². The predicted octanol–water partition coefficient (Wildman–Crippen LogP) is 5.38. The number of hydrogen-bond donors (Lipinski definition) is 3. The van der Waals surface area contributed by atoms with Gasteiger partial charge in [-0.1, -0.05) is 6.92 Å².